The Morgan fingerprint density at radius 3 is 2.56 bits per heavy atom. The second-order valence-electron chi connectivity index (χ2n) is 7.05. The highest BCUT2D eigenvalue weighted by Gasteiger charge is 2.14. The van der Waals surface area contributed by atoms with Gasteiger partial charge in [-0.2, -0.15) is 5.26 Å². The van der Waals surface area contributed by atoms with Crippen molar-refractivity contribution < 1.29 is 9.84 Å². The van der Waals surface area contributed by atoms with Gasteiger partial charge in [-0.05, 0) is 37.3 Å². The Morgan fingerprint density at radius 1 is 1.06 bits per heavy atom. The van der Waals surface area contributed by atoms with E-state index in [2.05, 4.69) is 26.0 Å². The largest absolute Gasteiger partial charge is 0.456 e. The monoisotopic (exact) mass is 424 g/mol. The summed E-state index contributed by atoms with van der Waals surface area (Å²) < 4.78 is 6.19. The molecule has 4 aromatic rings. The lowest BCUT2D eigenvalue weighted by Crippen LogP contribution is -2.11. The van der Waals surface area contributed by atoms with Crippen LogP contribution in [0.5, 0.6) is 11.5 Å². The van der Waals surface area contributed by atoms with Crippen molar-refractivity contribution in [3.8, 4) is 40.3 Å². The summed E-state index contributed by atoms with van der Waals surface area (Å²) in [6.07, 6.45) is 4.11. The van der Waals surface area contributed by atoms with E-state index in [0.29, 0.717) is 45.4 Å². The maximum Gasteiger partial charge on any atom is 0.178 e. The average molecular weight is 424 g/mol. The van der Waals surface area contributed by atoms with E-state index >= 15 is 0 Å². The molecule has 1 unspecified atom stereocenters. The molecule has 158 valence electrons. The fourth-order valence-electron chi connectivity index (χ4n) is 3.15. The van der Waals surface area contributed by atoms with Crippen LogP contribution in [0.4, 0.5) is 0 Å². The normalized spacial score (nSPS) is 11.6. The highest BCUT2D eigenvalue weighted by Crippen LogP contribution is 2.34. The molecule has 3 aromatic heterocycles. The van der Waals surface area contributed by atoms with Crippen LogP contribution in [-0.2, 0) is 0 Å². The van der Waals surface area contributed by atoms with Crippen LogP contribution in [-0.4, -0.2) is 31.6 Å². The van der Waals surface area contributed by atoms with Gasteiger partial charge < -0.3 is 15.6 Å². The molecule has 4 rings (SSSR count). The number of benzene rings is 1. The van der Waals surface area contributed by atoms with Crippen LogP contribution in [0.25, 0.3) is 22.8 Å². The minimum atomic E-state index is -0.772. The Kier molecular flexibility index (Phi) is 6.12. The Balaban J connectivity index is 1.73. The summed E-state index contributed by atoms with van der Waals surface area (Å²) in [6, 6.07) is 16.1. The molecule has 0 saturated heterocycles. The molecule has 3 N–H and O–H groups in total. The summed E-state index contributed by atoms with van der Waals surface area (Å²) in [6.45, 7) is 1.97. The quantitative estimate of drug-likeness (QED) is 0.480. The standard InChI is InChI=1S/C24H20N6O2/c1-15-9-18(11-21(30-15)24-27-7-2-8-28-24)32-23-10-16(12-25)3-5-19(23)20-6-4-17(14-29-20)22(31)13-26/h2-11,14,22,31H,13,26H2,1H3. The molecule has 0 fully saturated rings. The predicted molar refractivity (Wildman–Crippen MR) is 118 cm³/mol. The molecule has 0 amide bonds. The summed E-state index contributed by atoms with van der Waals surface area (Å²) >= 11 is 0. The third-order valence-electron chi connectivity index (χ3n) is 4.73. The van der Waals surface area contributed by atoms with Crippen molar-refractivity contribution in [2.75, 3.05) is 6.54 Å². The maximum atomic E-state index is 9.91. The van der Waals surface area contributed by atoms with Gasteiger partial charge >= 0.3 is 0 Å². The van der Waals surface area contributed by atoms with Gasteiger partial charge in [-0.3, -0.25) is 4.98 Å². The maximum absolute atomic E-state index is 9.91. The average Bonchev–Trinajstić information content (AvgIpc) is 2.84. The minimum absolute atomic E-state index is 0.112. The first-order valence-corrected chi connectivity index (χ1v) is 9.90. The molecule has 0 aliphatic heterocycles. The molecule has 3 heterocycles. The van der Waals surface area contributed by atoms with Crippen molar-refractivity contribution in [2.45, 2.75) is 13.0 Å². The fourth-order valence-corrected chi connectivity index (χ4v) is 3.15. The summed E-state index contributed by atoms with van der Waals surface area (Å²) in [5, 5.41) is 19.3. The molecule has 1 atom stereocenters. The number of hydrogen-bond acceptors (Lipinski definition) is 8. The predicted octanol–water partition coefficient (Wildman–Crippen LogP) is 3.57. The summed E-state index contributed by atoms with van der Waals surface area (Å²) in [5.74, 6) is 1.49. The lowest BCUT2D eigenvalue weighted by atomic mass is 10.1. The van der Waals surface area contributed by atoms with Gasteiger partial charge in [-0.25, -0.2) is 15.0 Å². The summed E-state index contributed by atoms with van der Waals surface area (Å²) in [7, 11) is 0. The number of ether oxygens (including phenoxy) is 1. The molecule has 8 heteroatoms. The molecule has 0 aliphatic rings. The highest BCUT2D eigenvalue weighted by atomic mass is 16.5. The smallest absolute Gasteiger partial charge is 0.178 e. The number of nitriles is 1. The Hall–Kier alpha value is -4.19. The van der Waals surface area contributed by atoms with E-state index in [4.69, 9.17) is 10.5 Å². The molecule has 0 saturated carbocycles. The lowest BCUT2D eigenvalue weighted by Gasteiger charge is -2.14. The Morgan fingerprint density at radius 2 is 1.88 bits per heavy atom. The molecule has 0 spiro atoms. The van der Waals surface area contributed by atoms with E-state index in [-0.39, 0.29) is 6.54 Å². The van der Waals surface area contributed by atoms with Crippen molar-refractivity contribution in [1.82, 2.24) is 19.9 Å². The van der Waals surface area contributed by atoms with Crippen LogP contribution in [0, 0.1) is 18.3 Å². The van der Waals surface area contributed by atoms with Crippen LogP contribution < -0.4 is 10.5 Å². The summed E-state index contributed by atoms with van der Waals surface area (Å²) in [5.41, 5.74) is 9.25. The second-order valence-corrected chi connectivity index (χ2v) is 7.05. The van der Waals surface area contributed by atoms with Crippen LogP contribution in [0.1, 0.15) is 22.9 Å². The van der Waals surface area contributed by atoms with E-state index in [1.54, 1.807) is 67.1 Å². The molecular weight excluding hydrogens is 404 g/mol. The van der Waals surface area contributed by atoms with Crippen LogP contribution in [0.3, 0.4) is 0 Å². The number of nitrogens with two attached hydrogens (primary N) is 1. The van der Waals surface area contributed by atoms with Gasteiger partial charge in [0.25, 0.3) is 0 Å². The number of aliphatic hydroxyl groups excluding tert-OH is 1. The highest BCUT2D eigenvalue weighted by molar-refractivity contribution is 5.69. The van der Waals surface area contributed by atoms with Crippen LogP contribution in [0.2, 0.25) is 0 Å². The first-order chi connectivity index (χ1) is 15.6. The van der Waals surface area contributed by atoms with Gasteiger partial charge in [0.15, 0.2) is 5.82 Å². The van der Waals surface area contributed by atoms with Crippen molar-refractivity contribution in [3.05, 3.63) is 83.9 Å². The molecular formula is C24H20N6O2. The Labute approximate surface area is 185 Å². The van der Waals surface area contributed by atoms with Gasteiger partial charge in [0.1, 0.15) is 17.2 Å². The van der Waals surface area contributed by atoms with E-state index in [9.17, 15) is 10.4 Å². The zero-order chi connectivity index (χ0) is 22.5. The Bertz CT molecular complexity index is 1270. The van der Waals surface area contributed by atoms with E-state index in [1.807, 2.05) is 6.92 Å². The minimum Gasteiger partial charge on any atom is -0.456 e. The lowest BCUT2D eigenvalue weighted by molar-refractivity contribution is 0.186. The van der Waals surface area contributed by atoms with Crippen molar-refractivity contribution in [1.29, 1.82) is 5.26 Å². The molecule has 0 aliphatic carbocycles. The number of nitrogens with zero attached hydrogens (tertiary/aromatic N) is 5. The SMILES string of the molecule is Cc1cc(Oc2cc(C#N)ccc2-c2ccc(C(O)CN)cn2)cc(-c2ncccn2)n1. The third-order valence-corrected chi connectivity index (χ3v) is 4.73. The zero-order valence-electron chi connectivity index (χ0n) is 17.3. The number of rotatable bonds is 6. The second kappa shape index (κ2) is 9.31. The van der Waals surface area contributed by atoms with E-state index < -0.39 is 6.10 Å². The van der Waals surface area contributed by atoms with Crippen LogP contribution in [0.15, 0.2) is 67.1 Å². The molecule has 8 nitrogen and oxygen atoms in total. The van der Waals surface area contributed by atoms with E-state index in [0.717, 1.165) is 5.69 Å². The van der Waals surface area contributed by atoms with Gasteiger partial charge in [0, 0.05) is 54.1 Å². The molecule has 1 aromatic carbocycles. The first-order valence-electron chi connectivity index (χ1n) is 9.90. The van der Waals surface area contributed by atoms with Crippen molar-refractivity contribution in [2.24, 2.45) is 5.73 Å². The number of pyridine rings is 2. The zero-order valence-corrected chi connectivity index (χ0v) is 17.3. The van der Waals surface area contributed by atoms with E-state index in [1.165, 1.54) is 0 Å². The fraction of sp³-hybridized carbons (Fsp3) is 0.125. The number of aliphatic hydroxyl groups is 1. The topological polar surface area (TPSA) is 131 Å². The number of hydrogen-bond donors (Lipinski definition) is 2. The van der Waals surface area contributed by atoms with Gasteiger partial charge in [0.05, 0.1) is 23.4 Å². The third kappa shape index (κ3) is 4.59. The molecule has 32 heavy (non-hydrogen) atoms. The first kappa shape index (κ1) is 21.1. The van der Waals surface area contributed by atoms with Gasteiger partial charge in [0.2, 0.25) is 0 Å². The molecule has 0 bridgehead atoms. The van der Waals surface area contributed by atoms with Crippen LogP contribution >= 0.6 is 0 Å². The van der Waals surface area contributed by atoms with Crippen molar-refractivity contribution in [3.63, 3.8) is 0 Å². The molecule has 0 radical (unpaired) electrons. The van der Waals surface area contributed by atoms with Crippen molar-refractivity contribution >= 4 is 0 Å². The number of aromatic nitrogens is 4. The van der Waals surface area contributed by atoms with Gasteiger partial charge in [-0.1, -0.05) is 6.07 Å². The van der Waals surface area contributed by atoms with Gasteiger partial charge in [-0.15, -0.1) is 0 Å². The summed E-state index contributed by atoms with van der Waals surface area (Å²) in [4.78, 5) is 17.4. The number of aryl methyl sites for hydroxylation is 1.